The van der Waals surface area contributed by atoms with Crippen molar-refractivity contribution in [2.24, 2.45) is 0 Å². The van der Waals surface area contributed by atoms with E-state index in [2.05, 4.69) is 5.32 Å². The number of amides is 2. The van der Waals surface area contributed by atoms with Gasteiger partial charge >= 0.3 is 0 Å². The quantitative estimate of drug-likeness (QED) is 0.483. The highest BCUT2D eigenvalue weighted by Crippen LogP contribution is 2.34. The molecule has 0 saturated carbocycles. The molecule has 6 heteroatoms. The molecule has 0 aromatic heterocycles. The van der Waals surface area contributed by atoms with Crippen LogP contribution >= 0.6 is 0 Å². The lowest BCUT2D eigenvalue weighted by molar-refractivity contribution is -0.121. The largest absolute Gasteiger partial charge is 0.494 e. The highest BCUT2D eigenvalue weighted by molar-refractivity contribution is 5.99. The zero-order valence-electron chi connectivity index (χ0n) is 18.8. The molecule has 1 N–H and O–H groups in total. The molecule has 33 heavy (non-hydrogen) atoms. The Morgan fingerprint density at radius 3 is 2.64 bits per heavy atom. The Bertz CT molecular complexity index is 1100. The van der Waals surface area contributed by atoms with E-state index in [0.29, 0.717) is 49.5 Å². The first-order valence-electron chi connectivity index (χ1n) is 11.2. The van der Waals surface area contributed by atoms with Gasteiger partial charge in [-0.05, 0) is 49.6 Å². The van der Waals surface area contributed by atoms with Crippen LogP contribution in [0.1, 0.15) is 24.0 Å². The van der Waals surface area contributed by atoms with Crippen molar-refractivity contribution in [1.29, 1.82) is 0 Å². The van der Waals surface area contributed by atoms with Crippen molar-refractivity contribution in [3.8, 4) is 11.5 Å². The van der Waals surface area contributed by atoms with E-state index >= 15 is 0 Å². The highest BCUT2D eigenvalue weighted by atomic mass is 16.5. The third-order valence-corrected chi connectivity index (χ3v) is 5.49. The van der Waals surface area contributed by atoms with E-state index in [0.717, 1.165) is 11.3 Å². The molecule has 1 aliphatic heterocycles. The summed E-state index contributed by atoms with van der Waals surface area (Å²) in [6, 6.07) is 23.2. The van der Waals surface area contributed by atoms with Crippen molar-refractivity contribution in [2.45, 2.75) is 26.2 Å². The summed E-state index contributed by atoms with van der Waals surface area (Å²) in [4.78, 5) is 26.5. The normalized spacial score (nSPS) is 12.6. The predicted molar refractivity (Wildman–Crippen MR) is 129 cm³/mol. The van der Waals surface area contributed by atoms with E-state index in [1.54, 1.807) is 17.0 Å². The summed E-state index contributed by atoms with van der Waals surface area (Å²) in [5.74, 6) is 1.27. The Kier molecular flexibility index (Phi) is 7.25. The summed E-state index contributed by atoms with van der Waals surface area (Å²) in [5, 5.41) is 2.92. The number of anilines is 2. The molecule has 0 aliphatic carbocycles. The molecule has 0 saturated heterocycles. The minimum absolute atomic E-state index is 0.0166. The second-order valence-corrected chi connectivity index (χ2v) is 8.07. The number of aryl methyl sites for hydroxylation is 2. The molecule has 1 aliphatic rings. The van der Waals surface area contributed by atoms with E-state index in [4.69, 9.17) is 9.47 Å². The Hall–Kier alpha value is -3.80. The number of nitrogens with one attached hydrogen (secondary N) is 1. The number of hydrogen-bond acceptors (Lipinski definition) is 4. The van der Waals surface area contributed by atoms with Crippen molar-refractivity contribution in [3.63, 3.8) is 0 Å². The van der Waals surface area contributed by atoms with E-state index in [1.165, 1.54) is 5.56 Å². The van der Waals surface area contributed by atoms with Gasteiger partial charge in [0.1, 0.15) is 11.5 Å². The molecule has 3 aromatic carbocycles. The summed E-state index contributed by atoms with van der Waals surface area (Å²) in [5.41, 5.74) is 3.68. The van der Waals surface area contributed by atoms with Gasteiger partial charge in [0.15, 0.2) is 6.61 Å². The third kappa shape index (κ3) is 6.13. The van der Waals surface area contributed by atoms with Gasteiger partial charge in [0.25, 0.3) is 5.91 Å². The third-order valence-electron chi connectivity index (χ3n) is 5.49. The molecule has 0 unspecified atom stereocenters. The first-order chi connectivity index (χ1) is 16.1. The highest BCUT2D eigenvalue weighted by Gasteiger charge is 2.25. The number of benzene rings is 3. The van der Waals surface area contributed by atoms with Gasteiger partial charge in [-0.15, -0.1) is 0 Å². The van der Waals surface area contributed by atoms with Crippen LogP contribution in [0.25, 0.3) is 0 Å². The van der Waals surface area contributed by atoms with Crippen molar-refractivity contribution in [1.82, 2.24) is 0 Å². The van der Waals surface area contributed by atoms with Crippen LogP contribution in [-0.4, -0.2) is 31.6 Å². The summed E-state index contributed by atoms with van der Waals surface area (Å²) in [7, 11) is 0. The van der Waals surface area contributed by atoms with E-state index in [-0.39, 0.29) is 18.4 Å². The number of nitrogens with zero attached hydrogens (tertiary/aromatic N) is 1. The molecule has 1 heterocycles. The second-order valence-electron chi connectivity index (χ2n) is 8.07. The molecule has 170 valence electrons. The van der Waals surface area contributed by atoms with Crippen molar-refractivity contribution < 1.29 is 19.1 Å². The molecule has 0 bridgehead atoms. The van der Waals surface area contributed by atoms with Crippen LogP contribution in [-0.2, 0) is 16.0 Å². The first-order valence-corrected chi connectivity index (χ1v) is 11.2. The van der Waals surface area contributed by atoms with Gasteiger partial charge in [0, 0.05) is 24.7 Å². The van der Waals surface area contributed by atoms with Gasteiger partial charge in [-0.25, -0.2) is 0 Å². The summed E-state index contributed by atoms with van der Waals surface area (Å²) in [6.07, 6.45) is 1.77. The first kappa shape index (κ1) is 22.4. The molecule has 6 nitrogen and oxygen atoms in total. The maximum absolute atomic E-state index is 12.4. The number of carbonyl (C=O) groups excluding carboxylic acids is 2. The van der Waals surface area contributed by atoms with Gasteiger partial charge in [0.05, 0.1) is 12.3 Å². The van der Waals surface area contributed by atoms with Gasteiger partial charge < -0.3 is 19.7 Å². The molecular formula is C27H28N2O4. The zero-order chi connectivity index (χ0) is 23.0. The smallest absolute Gasteiger partial charge is 0.265 e. The SMILES string of the molecule is Cc1ccc(OCCCN2C(=O)COc3cc(NC(=O)CCc4ccccc4)ccc32)cc1. The van der Waals surface area contributed by atoms with Crippen LogP contribution in [0.2, 0.25) is 0 Å². The van der Waals surface area contributed by atoms with Crippen LogP contribution in [0.3, 0.4) is 0 Å². The van der Waals surface area contributed by atoms with Crippen LogP contribution in [0.5, 0.6) is 11.5 Å². The summed E-state index contributed by atoms with van der Waals surface area (Å²) >= 11 is 0. The fourth-order valence-corrected chi connectivity index (χ4v) is 3.70. The number of hydrogen-bond donors (Lipinski definition) is 1. The molecule has 3 aromatic rings. The molecule has 0 fully saturated rings. The number of fused-ring (bicyclic) bond motifs is 1. The van der Waals surface area contributed by atoms with Crippen LogP contribution < -0.4 is 19.7 Å². The van der Waals surface area contributed by atoms with Crippen LogP contribution in [0, 0.1) is 6.92 Å². The van der Waals surface area contributed by atoms with E-state index in [1.807, 2.05) is 67.6 Å². The lowest BCUT2D eigenvalue weighted by atomic mass is 10.1. The zero-order valence-corrected chi connectivity index (χ0v) is 18.8. The van der Waals surface area contributed by atoms with Crippen molar-refractivity contribution >= 4 is 23.2 Å². The molecule has 0 radical (unpaired) electrons. The Balaban J connectivity index is 1.31. The van der Waals surface area contributed by atoms with Gasteiger partial charge in [0.2, 0.25) is 5.91 Å². The standard InChI is InChI=1S/C27H28N2O4/c1-20-8-12-23(13-9-20)32-17-5-16-29-24-14-11-22(18-25(24)33-19-27(29)31)28-26(30)15-10-21-6-3-2-4-7-21/h2-4,6-9,11-14,18H,5,10,15-17,19H2,1H3,(H,28,30). The minimum atomic E-state index is -0.0857. The summed E-state index contributed by atoms with van der Waals surface area (Å²) in [6.45, 7) is 3.06. The maximum atomic E-state index is 12.4. The predicted octanol–water partition coefficient (Wildman–Crippen LogP) is 4.76. The van der Waals surface area contributed by atoms with Crippen molar-refractivity contribution in [2.75, 3.05) is 30.0 Å². The summed E-state index contributed by atoms with van der Waals surface area (Å²) < 4.78 is 11.4. The number of ether oxygens (including phenoxy) is 2. The topological polar surface area (TPSA) is 67.9 Å². The second kappa shape index (κ2) is 10.7. The number of carbonyl (C=O) groups is 2. The fraction of sp³-hybridized carbons (Fsp3) is 0.259. The van der Waals surface area contributed by atoms with Gasteiger partial charge in [-0.2, -0.15) is 0 Å². The average molecular weight is 445 g/mol. The fourth-order valence-electron chi connectivity index (χ4n) is 3.70. The Morgan fingerprint density at radius 1 is 1.06 bits per heavy atom. The monoisotopic (exact) mass is 444 g/mol. The molecule has 0 atom stereocenters. The molecule has 0 spiro atoms. The molecule has 4 rings (SSSR count). The van der Waals surface area contributed by atoms with Crippen LogP contribution in [0.15, 0.2) is 72.8 Å². The molecular weight excluding hydrogens is 416 g/mol. The van der Waals surface area contributed by atoms with Gasteiger partial charge in [-0.3, -0.25) is 9.59 Å². The molecule has 2 amide bonds. The number of rotatable bonds is 9. The average Bonchev–Trinajstić information content (AvgIpc) is 2.83. The van der Waals surface area contributed by atoms with E-state index in [9.17, 15) is 9.59 Å². The lowest BCUT2D eigenvalue weighted by Crippen LogP contribution is -2.39. The maximum Gasteiger partial charge on any atom is 0.265 e. The minimum Gasteiger partial charge on any atom is -0.494 e. The van der Waals surface area contributed by atoms with Crippen LogP contribution in [0.4, 0.5) is 11.4 Å². The van der Waals surface area contributed by atoms with E-state index < -0.39 is 0 Å². The Morgan fingerprint density at radius 2 is 1.85 bits per heavy atom. The lowest BCUT2D eigenvalue weighted by Gasteiger charge is -2.29. The Labute approximate surface area is 194 Å². The van der Waals surface area contributed by atoms with Crippen molar-refractivity contribution in [3.05, 3.63) is 83.9 Å². The van der Waals surface area contributed by atoms with Gasteiger partial charge in [-0.1, -0.05) is 48.0 Å².